The molecule has 1 aromatic rings. The minimum Gasteiger partial charge on any atom is -0.497 e. The van der Waals surface area contributed by atoms with Crippen LogP contribution in [0, 0.1) is 5.92 Å². The van der Waals surface area contributed by atoms with E-state index < -0.39 is 17.5 Å². The Labute approximate surface area is 141 Å². The van der Waals surface area contributed by atoms with Gasteiger partial charge in [-0.1, -0.05) is 26.0 Å². The minimum atomic E-state index is -1.19. The fourth-order valence-corrected chi connectivity index (χ4v) is 2.48. The first kappa shape index (κ1) is 17.8. The third-order valence-electron chi connectivity index (χ3n) is 3.95. The van der Waals surface area contributed by atoms with Crippen molar-refractivity contribution in [2.45, 2.75) is 26.3 Å². The molecule has 1 aliphatic rings. The average molecular weight is 333 g/mol. The lowest BCUT2D eigenvalue weighted by molar-refractivity contribution is -0.134. The van der Waals surface area contributed by atoms with Crippen LogP contribution in [0.2, 0.25) is 0 Å². The highest BCUT2D eigenvalue weighted by atomic mass is 16.5. The van der Waals surface area contributed by atoms with E-state index in [-0.39, 0.29) is 12.5 Å². The number of methoxy groups -OCH3 is 1. The summed E-state index contributed by atoms with van der Waals surface area (Å²) in [6, 6.07) is 6.31. The summed E-state index contributed by atoms with van der Waals surface area (Å²) in [6.07, 6.45) is 0. The van der Waals surface area contributed by atoms with Crippen LogP contribution in [0.25, 0.3) is 0 Å². The van der Waals surface area contributed by atoms with Crippen molar-refractivity contribution in [2.75, 3.05) is 20.2 Å². The molecule has 7 nitrogen and oxygen atoms in total. The number of hydrogen-bond acceptors (Lipinski definition) is 4. The van der Waals surface area contributed by atoms with Gasteiger partial charge in [-0.3, -0.25) is 14.5 Å². The summed E-state index contributed by atoms with van der Waals surface area (Å²) in [6.45, 7) is 5.77. The normalized spacial score (nSPS) is 20.3. The van der Waals surface area contributed by atoms with E-state index in [0.717, 1.165) is 4.90 Å². The Morgan fingerprint density at radius 3 is 2.46 bits per heavy atom. The van der Waals surface area contributed by atoms with Crippen LogP contribution >= 0.6 is 0 Å². The second-order valence-electron chi connectivity index (χ2n) is 6.37. The van der Waals surface area contributed by atoms with Crippen molar-refractivity contribution in [1.29, 1.82) is 0 Å². The van der Waals surface area contributed by atoms with Gasteiger partial charge >= 0.3 is 6.03 Å². The number of urea groups is 1. The molecule has 2 N–H and O–H groups in total. The predicted octanol–water partition coefficient (Wildman–Crippen LogP) is 1.23. The van der Waals surface area contributed by atoms with Crippen molar-refractivity contribution < 1.29 is 19.1 Å². The molecular formula is C17H23N3O4. The number of imide groups is 1. The van der Waals surface area contributed by atoms with Gasteiger partial charge in [0.05, 0.1) is 7.11 Å². The van der Waals surface area contributed by atoms with E-state index in [2.05, 4.69) is 10.6 Å². The lowest BCUT2D eigenvalue weighted by Crippen LogP contribution is -2.43. The lowest BCUT2D eigenvalue weighted by Gasteiger charge is -2.22. The zero-order chi connectivity index (χ0) is 17.9. The number of ether oxygens (including phenoxy) is 1. The van der Waals surface area contributed by atoms with Crippen LogP contribution in [-0.4, -0.2) is 42.9 Å². The summed E-state index contributed by atoms with van der Waals surface area (Å²) in [5, 5.41) is 5.37. The SMILES string of the molecule is COc1ccc(C2(C)NC(=O)N(CC(=O)NCC(C)C)C2=O)cc1. The van der Waals surface area contributed by atoms with Crippen LogP contribution in [0.5, 0.6) is 5.75 Å². The van der Waals surface area contributed by atoms with Gasteiger partial charge in [-0.05, 0) is 30.5 Å². The van der Waals surface area contributed by atoms with Crippen LogP contribution in [0.4, 0.5) is 4.79 Å². The number of nitrogens with zero attached hydrogens (tertiary/aromatic N) is 1. The number of amides is 4. The Morgan fingerprint density at radius 2 is 1.92 bits per heavy atom. The molecule has 1 unspecified atom stereocenters. The Hall–Kier alpha value is -2.57. The number of carbonyl (C=O) groups excluding carboxylic acids is 3. The third kappa shape index (κ3) is 3.50. The van der Waals surface area contributed by atoms with E-state index in [0.29, 0.717) is 23.8 Å². The first-order valence-electron chi connectivity index (χ1n) is 7.83. The summed E-state index contributed by atoms with van der Waals surface area (Å²) in [4.78, 5) is 37.7. The van der Waals surface area contributed by atoms with Gasteiger partial charge in [-0.15, -0.1) is 0 Å². The maximum atomic E-state index is 12.7. The van der Waals surface area contributed by atoms with Gasteiger partial charge in [0.25, 0.3) is 5.91 Å². The van der Waals surface area contributed by atoms with Crippen molar-refractivity contribution in [3.05, 3.63) is 29.8 Å². The number of benzene rings is 1. The molecule has 24 heavy (non-hydrogen) atoms. The number of rotatable bonds is 6. The molecule has 0 bridgehead atoms. The van der Waals surface area contributed by atoms with Crippen LogP contribution in [0.1, 0.15) is 26.3 Å². The highest BCUT2D eigenvalue weighted by Gasteiger charge is 2.49. The summed E-state index contributed by atoms with van der Waals surface area (Å²) in [5.41, 5.74) is -0.562. The summed E-state index contributed by atoms with van der Waals surface area (Å²) in [5.74, 6) is 0.147. The van der Waals surface area contributed by atoms with E-state index in [9.17, 15) is 14.4 Å². The van der Waals surface area contributed by atoms with E-state index in [1.807, 2.05) is 13.8 Å². The quantitative estimate of drug-likeness (QED) is 0.767. The second-order valence-corrected chi connectivity index (χ2v) is 6.37. The van der Waals surface area contributed by atoms with E-state index in [4.69, 9.17) is 4.74 Å². The smallest absolute Gasteiger partial charge is 0.325 e. The molecule has 130 valence electrons. The summed E-state index contributed by atoms with van der Waals surface area (Å²) < 4.78 is 5.10. The molecule has 1 fully saturated rings. The van der Waals surface area contributed by atoms with Crippen LogP contribution in [0.3, 0.4) is 0 Å². The van der Waals surface area contributed by atoms with E-state index in [1.165, 1.54) is 0 Å². The van der Waals surface area contributed by atoms with Crippen LogP contribution in [-0.2, 0) is 15.1 Å². The van der Waals surface area contributed by atoms with Gasteiger partial charge in [0.15, 0.2) is 0 Å². The molecule has 1 aromatic carbocycles. The Morgan fingerprint density at radius 1 is 1.29 bits per heavy atom. The molecule has 0 aromatic heterocycles. The third-order valence-corrected chi connectivity index (χ3v) is 3.95. The van der Waals surface area contributed by atoms with Crippen molar-refractivity contribution in [2.24, 2.45) is 5.92 Å². The zero-order valence-electron chi connectivity index (χ0n) is 14.4. The molecule has 0 radical (unpaired) electrons. The fourth-order valence-electron chi connectivity index (χ4n) is 2.48. The number of nitrogens with one attached hydrogen (secondary N) is 2. The minimum absolute atomic E-state index is 0.289. The van der Waals surface area contributed by atoms with Crippen molar-refractivity contribution in [3.8, 4) is 5.75 Å². The molecule has 1 atom stereocenters. The molecule has 7 heteroatoms. The van der Waals surface area contributed by atoms with Crippen LogP contribution in [0.15, 0.2) is 24.3 Å². The first-order chi connectivity index (χ1) is 11.3. The number of hydrogen-bond donors (Lipinski definition) is 2. The maximum Gasteiger partial charge on any atom is 0.325 e. The van der Waals surface area contributed by atoms with Gasteiger partial charge in [0.1, 0.15) is 17.8 Å². The Balaban J connectivity index is 2.13. The van der Waals surface area contributed by atoms with Gasteiger partial charge < -0.3 is 15.4 Å². The fraction of sp³-hybridized carbons (Fsp3) is 0.471. The van der Waals surface area contributed by atoms with E-state index in [1.54, 1.807) is 38.3 Å². The van der Waals surface area contributed by atoms with Crippen molar-refractivity contribution >= 4 is 17.8 Å². The Kier molecular flexibility index (Phi) is 5.11. The van der Waals surface area contributed by atoms with Gasteiger partial charge in [0.2, 0.25) is 5.91 Å². The molecule has 0 aliphatic carbocycles. The topological polar surface area (TPSA) is 87.7 Å². The van der Waals surface area contributed by atoms with E-state index >= 15 is 0 Å². The monoisotopic (exact) mass is 333 g/mol. The second kappa shape index (κ2) is 6.90. The summed E-state index contributed by atoms with van der Waals surface area (Å²) >= 11 is 0. The van der Waals surface area contributed by atoms with Gasteiger partial charge in [0, 0.05) is 6.54 Å². The summed E-state index contributed by atoms with van der Waals surface area (Å²) in [7, 11) is 1.55. The van der Waals surface area contributed by atoms with Gasteiger partial charge in [-0.25, -0.2) is 4.79 Å². The molecular weight excluding hydrogens is 310 g/mol. The van der Waals surface area contributed by atoms with Crippen LogP contribution < -0.4 is 15.4 Å². The largest absolute Gasteiger partial charge is 0.497 e. The molecule has 4 amide bonds. The molecule has 1 saturated heterocycles. The van der Waals surface area contributed by atoms with Crippen molar-refractivity contribution in [1.82, 2.24) is 15.5 Å². The standard InChI is InChI=1S/C17H23N3O4/c1-11(2)9-18-14(21)10-20-15(22)17(3,19-16(20)23)12-5-7-13(24-4)8-6-12/h5-8,11H,9-10H2,1-4H3,(H,18,21)(H,19,23). The highest BCUT2D eigenvalue weighted by molar-refractivity contribution is 6.09. The lowest BCUT2D eigenvalue weighted by atomic mass is 9.92. The number of carbonyl (C=O) groups is 3. The highest BCUT2D eigenvalue weighted by Crippen LogP contribution is 2.29. The molecule has 0 spiro atoms. The van der Waals surface area contributed by atoms with Crippen molar-refractivity contribution in [3.63, 3.8) is 0 Å². The maximum absolute atomic E-state index is 12.7. The molecule has 1 heterocycles. The molecule has 0 saturated carbocycles. The molecule has 1 aliphatic heterocycles. The Bertz CT molecular complexity index is 642. The predicted molar refractivity (Wildman–Crippen MR) is 88.4 cm³/mol. The van der Waals surface area contributed by atoms with Gasteiger partial charge in [-0.2, -0.15) is 0 Å². The average Bonchev–Trinajstić information content (AvgIpc) is 2.77. The first-order valence-corrected chi connectivity index (χ1v) is 7.83. The zero-order valence-corrected chi connectivity index (χ0v) is 14.4. The molecule has 2 rings (SSSR count).